The maximum atomic E-state index is 13.4. The molecule has 0 N–H and O–H groups in total. The summed E-state index contributed by atoms with van der Waals surface area (Å²) in [5.74, 6) is -4.28. The van der Waals surface area contributed by atoms with E-state index in [4.69, 9.17) is 4.74 Å². The smallest absolute Gasteiger partial charge is 0.316 e. The summed E-state index contributed by atoms with van der Waals surface area (Å²) >= 11 is 0. The summed E-state index contributed by atoms with van der Waals surface area (Å²) in [6, 6.07) is 3.65. The van der Waals surface area contributed by atoms with Crippen molar-refractivity contribution in [3.63, 3.8) is 0 Å². The van der Waals surface area contributed by atoms with E-state index in [9.17, 15) is 18.4 Å². The van der Waals surface area contributed by atoms with Crippen LogP contribution in [0, 0.1) is 17.6 Å². The Labute approximate surface area is 104 Å². The quantitative estimate of drug-likeness (QED) is 0.599. The van der Waals surface area contributed by atoms with Gasteiger partial charge in [0.1, 0.15) is 11.7 Å². The van der Waals surface area contributed by atoms with Gasteiger partial charge in [-0.15, -0.1) is 0 Å². The maximum Gasteiger partial charge on any atom is 0.316 e. The number of hydrogen-bond acceptors (Lipinski definition) is 3. The second kappa shape index (κ2) is 6.23. The number of ether oxygens (including phenoxy) is 1. The number of rotatable bonds is 5. The average Bonchev–Trinajstić information content (AvgIpc) is 2.30. The summed E-state index contributed by atoms with van der Waals surface area (Å²) in [7, 11) is 0. The van der Waals surface area contributed by atoms with Crippen molar-refractivity contribution in [1.29, 1.82) is 0 Å². The average molecular weight is 256 g/mol. The monoisotopic (exact) mass is 256 g/mol. The molecule has 1 atom stereocenters. The predicted molar refractivity (Wildman–Crippen MR) is 60.9 cm³/mol. The Morgan fingerprint density at radius 1 is 1.33 bits per heavy atom. The van der Waals surface area contributed by atoms with Gasteiger partial charge in [-0.2, -0.15) is 0 Å². The number of benzene rings is 1. The predicted octanol–water partition coefficient (Wildman–Crippen LogP) is 2.28. The lowest BCUT2D eigenvalue weighted by molar-refractivity contribution is -0.151. The van der Waals surface area contributed by atoms with Gasteiger partial charge in [0.25, 0.3) is 0 Å². The van der Waals surface area contributed by atoms with Crippen LogP contribution in [0.3, 0.4) is 0 Å². The third-order valence-electron chi connectivity index (χ3n) is 2.52. The van der Waals surface area contributed by atoms with Crippen molar-refractivity contribution in [2.45, 2.75) is 20.3 Å². The van der Waals surface area contributed by atoms with Gasteiger partial charge in [-0.1, -0.05) is 12.1 Å². The van der Waals surface area contributed by atoms with Gasteiger partial charge in [0.05, 0.1) is 6.61 Å². The maximum absolute atomic E-state index is 13.4. The molecular formula is C13H14F2O3. The number of Topliss-reactive ketones (excluding diaryl/α,β-unsaturated/α-hetero) is 1. The first kappa shape index (κ1) is 14.3. The molecule has 0 heterocycles. The first-order chi connectivity index (χ1) is 8.47. The van der Waals surface area contributed by atoms with Crippen LogP contribution in [0.25, 0.3) is 0 Å². The summed E-state index contributed by atoms with van der Waals surface area (Å²) < 4.78 is 31.2. The molecule has 18 heavy (non-hydrogen) atoms. The number of halogens is 2. The summed E-state index contributed by atoms with van der Waals surface area (Å²) in [6.07, 6.45) is -0.197. The van der Waals surface area contributed by atoms with E-state index in [1.54, 1.807) is 6.92 Å². The number of esters is 1. The van der Waals surface area contributed by atoms with Crippen molar-refractivity contribution < 1.29 is 23.1 Å². The highest BCUT2D eigenvalue weighted by Crippen LogP contribution is 2.17. The molecule has 0 aliphatic rings. The minimum Gasteiger partial charge on any atom is -0.465 e. The zero-order valence-electron chi connectivity index (χ0n) is 10.2. The Balaban J connectivity index is 2.94. The molecule has 0 spiro atoms. The van der Waals surface area contributed by atoms with Crippen LogP contribution in [0.5, 0.6) is 0 Å². The fourth-order valence-corrected chi connectivity index (χ4v) is 1.56. The molecule has 0 bridgehead atoms. The van der Waals surface area contributed by atoms with E-state index in [0.29, 0.717) is 0 Å². The molecule has 0 radical (unpaired) electrons. The standard InChI is InChI=1S/C13H14F2O3/c1-3-18-13(17)10(8(2)16)7-9-5-4-6-11(14)12(9)15/h4-6,10H,3,7H2,1-2H3. The summed E-state index contributed by atoms with van der Waals surface area (Å²) in [4.78, 5) is 22.9. The third kappa shape index (κ3) is 3.35. The van der Waals surface area contributed by atoms with Crippen molar-refractivity contribution in [1.82, 2.24) is 0 Å². The lowest BCUT2D eigenvalue weighted by atomic mass is 9.95. The number of carbonyl (C=O) groups is 2. The highest BCUT2D eigenvalue weighted by molar-refractivity contribution is 5.98. The summed E-state index contributed by atoms with van der Waals surface area (Å²) in [6.45, 7) is 2.96. The SMILES string of the molecule is CCOC(=O)C(Cc1cccc(F)c1F)C(C)=O. The Hall–Kier alpha value is -1.78. The third-order valence-corrected chi connectivity index (χ3v) is 2.52. The lowest BCUT2D eigenvalue weighted by Gasteiger charge is -2.13. The molecular weight excluding hydrogens is 242 g/mol. The second-order valence-corrected chi connectivity index (χ2v) is 3.83. The van der Waals surface area contributed by atoms with Crippen LogP contribution in [0.15, 0.2) is 18.2 Å². The van der Waals surface area contributed by atoms with E-state index in [1.807, 2.05) is 0 Å². The Morgan fingerprint density at radius 3 is 2.56 bits per heavy atom. The lowest BCUT2D eigenvalue weighted by Crippen LogP contribution is -2.27. The van der Waals surface area contributed by atoms with Crippen molar-refractivity contribution in [2.75, 3.05) is 6.61 Å². The second-order valence-electron chi connectivity index (χ2n) is 3.83. The van der Waals surface area contributed by atoms with E-state index < -0.39 is 29.3 Å². The van der Waals surface area contributed by atoms with Crippen LogP contribution in [0.4, 0.5) is 8.78 Å². The van der Waals surface area contributed by atoms with E-state index in [0.717, 1.165) is 6.07 Å². The molecule has 1 aromatic carbocycles. The molecule has 0 aliphatic carbocycles. The number of ketones is 1. The van der Waals surface area contributed by atoms with Gasteiger partial charge in [-0.25, -0.2) is 8.78 Å². The topological polar surface area (TPSA) is 43.4 Å². The van der Waals surface area contributed by atoms with Crippen molar-refractivity contribution in [2.24, 2.45) is 5.92 Å². The Bertz CT molecular complexity index is 458. The van der Waals surface area contributed by atoms with Gasteiger partial charge in [0, 0.05) is 0 Å². The molecule has 1 unspecified atom stereocenters. The molecule has 0 aromatic heterocycles. The number of hydrogen-bond donors (Lipinski definition) is 0. The Morgan fingerprint density at radius 2 is 2.00 bits per heavy atom. The van der Waals surface area contributed by atoms with Crippen LogP contribution >= 0.6 is 0 Å². The van der Waals surface area contributed by atoms with Crippen LogP contribution in [0.2, 0.25) is 0 Å². The van der Waals surface area contributed by atoms with Crippen LogP contribution in [-0.2, 0) is 20.7 Å². The van der Waals surface area contributed by atoms with Crippen LogP contribution < -0.4 is 0 Å². The highest BCUT2D eigenvalue weighted by atomic mass is 19.2. The van der Waals surface area contributed by atoms with Gasteiger partial charge < -0.3 is 4.74 Å². The van der Waals surface area contributed by atoms with Crippen molar-refractivity contribution in [3.8, 4) is 0 Å². The molecule has 0 saturated carbocycles. The van der Waals surface area contributed by atoms with Crippen LogP contribution in [0.1, 0.15) is 19.4 Å². The van der Waals surface area contributed by atoms with Gasteiger partial charge in [0.15, 0.2) is 11.6 Å². The zero-order valence-corrected chi connectivity index (χ0v) is 10.2. The van der Waals surface area contributed by atoms with Crippen LogP contribution in [-0.4, -0.2) is 18.4 Å². The molecule has 5 heteroatoms. The molecule has 0 fully saturated rings. The van der Waals surface area contributed by atoms with Gasteiger partial charge in [-0.3, -0.25) is 9.59 Å². The Kier molecular flexibility index (Phi) is 4.95. The first-order valence-corrected chi connectivity index (χ1v) is 5.57. The molecule has 0 amide bonds. The molecule has 1 rings (SSSR count). The minimum absolute atomic E-state index is 0.0109. The zero-order chi connectivity index (χ0) is 13.7. The van der Waals surface area contributed by atoms with Gasteiger partial charge in [0.2, 0.25) is 0 Å². The summed E-state index contributed by atoms with van der Waals surface area (Å²) in [5.41, 5.74) is -0.0109. The van der Waals surface area contributed by atoms with E-state index in [-0.39, 0.29) is 18.6 Å². The van der Waals surface area contributed by atoms with Crippen molar-refractivity contribution >= 4 is 11.8 Å². The van der Waals surface area contributed by atoms with E-state index in [1.165, 1.54) is 19.1 Å². The molecule has 98 valence electrons. The minimum atomic E-state index is -1.10. The molecule has 3 nitrogen and oxygen atoms in total. The first-order valence-electron chi connectivity index (χ1n) is 5.57. The van der Waals surface area contributed by atoms with E-state index >= 15 is 0 Å². The largest absolute Gasteiger partial charge is 0.465 e. The molecule has 0 aliphatic heterocycles. The number of carbonyl (C=O) groups excluding carboxylic acids is 2. The fraction of sp³-hybridized carbons (Fsp3) is 0.385. The molecule has 0 saturated heterocycles. The summed E-state index contributed by atoms with van der Waals surface area (Å²) in [5, 5.41) is 0. The van der Waals surface area contributed by atoms with Gasteiger partial charge >= 0.3 is 5.97 Å². The normalized spacial score (nSPS) is 12.0. The van der Waals surface area contributed by atoms with Crippen molar-refractivity contribution in [3.05, 3.63) is 35.4 Å². The van der Waals surface area contributed by atoms with E-state index in [2.05, 4.69) is 0 Å². The fourth-order valence-electron chi connectivity index (χ4n) is 1.56. The highest BCUT2D eigenvalue weighted by Gasteiger charge is 2.26. The molecule has 1 aromatic rings. The van der Waals surface area contributed by atoms with Gasteiger partial charge in [-0.05, 0) is 31.9 Å².